The van der Waals surface area contributed by atoms with Crippen molar-refractivity contribution in [2.24, 2.45) is 23.7 Å². The van der Waals surface area contributed by atoms with Crippen molar-refractivity contribution in [3.63, 3.8) is 0 Å². The van der Waals surface area contributed by atoms with Crippen LogP contribution in [0.2, 0.25) is 0 Å². The van der Waals surface area contributed by atoms with Gasteiger partial charge in [-0.1, -0.05) is 18.2 Å². The summed E-state index contributed by atoms with van der Waals surface area (Å²) in [6.45, 7) is 0. The molecule has 3 heteroatoms. The van der Waals surface area contributed by atoms with Gasteiger partial charge in [-0.2, -0.15) is 0 Å². The van der Waals surface area contributed by atoms with Gasteiger partial charge in [0.25, 0.3) is 0 Å². The van der Waals surface area contributed by atoms with Crippen LogP contribution in [0.15, 0.2) is 30.3 Å². The molecule has 1 aromatic rings. The third kappa shape index (κ3) is 1.47. The fourth-order valence-corrected chi connectivity index (χ4v) is 5.18. The molecule has 5 rings (SSSR count). The molecular formula is C17H18O3. The van der Waals surface area contributed by atoms with Gasteiger partial charge in [0.15, 0.2) is 0 Å². The summed E-state index contributed by atoms with van der Waals surface area (Å²) in [5.41, 5.74) is 0.671. The van der Waals surface area contributed by atoms with E-state index in [0.717, 1.165) is 24.2 Å². The predicted octanol–water partition coefficient (Wildman–Crippen LogP) is 2.66. The Balaban J connectivity index is 1.31. The minimum atomic E-state index is -0.154. The Kier molecular flexibility index (Phi) is 2.18. The fraction of sp³-hybridized carbons (Fsp3) is 0.588. The molecule has 104 valence electrons. The minimum absolute atomic E-state index is 0.145. The number of fused-ring (bicyclic) bond motifs is 7. The van der Waals surface area contributed by atoms with Gasteiger partial charge in [0.05, 0.1) is 17.8 Å². The number of hydrogen-bond acceptors (Lipinski definition) is 3. The van der Waals surface area contributed by atoms with Crippen molar-refractivity contribution in [3.8, 4) is 0 Å². The van der Waals surface area contributed by atoms with Crippen molar-refractivity contribution in [1.82, 2.24) is 0 Å². The fourth-order valence-electron chi connectivity index (χ4n) is 5.18. The topological polar surface area (TPSA) is 38.8 Å². The SMILES string of the molecule is O=C(O[C@@H]1C[C@H]2C[C@@H]1[C@H]1C[C@H]3O[C@@H]3[C@H]21)c1ccccc1. The third-order valence-electron chi connectivity index (χ3n) is 5.95. The van der Waals surface area contributed by atoms with Crippen LogP contribution in [0.25, 0.3) is 0 Å². The summed E-state index contributed by atoms with van der Waals surface area (Å²) in [5.74, 6) is 2.70. The Bertz CT molecular complexity index is 555. The van der Waals surface area contributed by atoms with Crippen LogP contribution in [0.3, 0.4) is 0 Å². The van der Waals surface area contributed by atoms with Crippen molar-refractivity contribution in [2.45, 2.75) is 37.6 Å². The molecule has 4 aliphatic rings. The summed E-state index contributed by atoms with van der Waals surface area (Å²) in [5, 5.41) is 0. The van der Waals surface area contributed by atoms with E-state index in [1.54, 1.807) is 0 Å². The molecule has 0 amide bonds. The van der Waals surface area contributed by atoms with Crippen LogP contribution in [0.5, 0.6) is 0 Å². The lowest BCUT2D eigenvalue weighted by molar-refractivity contribution is -0.00658. The van der Waals surface area contributed by atoms with Gasteiger partial charge in [0.2, 0.25) is 0 Å². The van der Waals surface area contributed by atoms with Crippen molar-refractivity contribution in [3.05, 3.63) is 35.9 Å². The first-order chi connectivity index (χ1) is 9.81. The molecule has 2 bridgehead atoms. The normalized spacial score (nSPS) is 46.9. The first kappa shape index (κ1) is 11.3. The number of esters is 1. The van der Waals surface area contributed by atoms with Gasteiger partial charge >= 0.3 is 5.97 Å². The van der Waals surface area contributed by atoms with Gasteiger partial charge in [-0.05, 0) is 55.1 Å². The van der Waals surface area contributed by atoms with Crippen molar-refractivity contribution >= 4 is 5.97 Å². The van der Waals surface area contributed by atoms with Crippen LogP contribution < -0.4 is 0 Å². The Morgan fingerprint density at radius 2 is 1.95 bits per heavy atom. The highest BCUT2D eigenvalue weighted by atomic mass is 16.6. The molecule has 0 N–H and O–H groups in total. The molecule has 1 heterocycles. The molecule has 4 fully saturated rings. The molecule has 7 atom stereocenters. The average Bonchev–Trinajstić information content (AvgIpc) is 2.86. The molecule has 3 saturated carbocycles. The first-order valence-electron chi connectivity index (χ1n) is 7.73. The highest BCUT2D eigenvalue weighted by Crippen LogP contribution is 2.64. The monoisotopic (exact) mass is 270 g/mol. The number of rotatable bonds is 2. The van der Waals surface area contributed by atoms with Gasteiger partial charge < -0.3 is 9.47 Å². The van der Waals surface area contributed by atoms with E-state index in [-0.39, 0.29) is 12.1 Å². The molecule has 0 radical (unpaired) electrons. The average molecular weight is 270 g/mol. The van der Waals surface area contributed by atoms with E-state index >= 15 is 0 Å². The Labute approximate surface area is 118 Å². The lowest BCUT2D eigenvalue weighted by Crippen LogP contribution is -2.34. The van der Waals surface area contributed by atoms with Crippen LogP contribution in [0.1, 0.15) is 29.6 Å². The quantitative estimate of drug-likeness (QED) is 0.612. The maximum absolute atomic E-state index is 12.2. The molecule has 0 spiro atoms. The van der Waals surface area contributed by atoms with Gasteiger partial charge in [-0.15, -0.1) is 0 Å². The number of epoxide rings is 1. The summed E-state index contributed by atoms with van der Waals surface area (Å²) in [4.78, 5) is 12.2. The predicted molar refractivity (Wildman–Crippen MR) is 72.1 cm³/mol. The van der Waals surface area contributed by atoms with Gasteiger partial charge in [0.1, 0.15) is 6.10 Å². The van der Waals surface area contributed by atoms with E-state index in [0.29, 0.717) is 23.7 Å². The zero-order chi connectivity index (χ0) is 13.3. The van der Waals surface area contributed by atoms with Crippen LogP contribution in [0, 0.1) is 23.7 Å². The highest BCUT2D eigenvalue weighted by Gasteiger charge is 2.67. The van der Waals surface area contributed by atoms with Crippen LogP contribution >= 0.6 is 0 Å². The van der Waals surface area contributed by atoms with E-state index in [4.69, 9.17) is 9.47 Å². The lowest BCUT2D eigenvalue weighted by atomic mass is 9.79. The number of carbonyl (C=O) groups excluding carboxylic acids is 1. The molecule has 0 unspecified atom stereocenters. The second kappa shape index (κ2) is 3.85. The van der Waals surface area contributed by atoms with E-state index in [1.165, 1.54) is 12.8 Å². The van der Waals surface area contributed by atoms with Crippen LogP contribution in [-0.2, 0) is 9.47 Å². The summed E-state index contributed by atoms with van der Waals surface area (Å²) < 4.78 is 11.5. The van der Waals surface area contributed by atoms with E-state index in [2.05, 4.69) is 0 Å². The maximum atomic E-state index is 12.2. The summed E-state index contributed by atoms with van der Waals surface area (Å²) in [7, 11) is 0. The van der Waals surface area contributed by atoms with Crippen molar-refractivity contribution in [2.75, 3.05) is 0 Å². The summed E-state index contributed by atoms with van der Waals surface area (Å²) >= 11 is 0. The number of benzene rings is 1. The van der Waals surface area contributed by atoms with E-state index in [1.807, 2.05) is 30.3 Å². The van der Waals surface area contributed by atoms with Gasteiger partial charge in [0, 0.05) is 0 Å². The maximum Gasteiger partial charge on any atom is 0.338 e. The Morgan fingerprint density at radius 3 is 2.80 bits per heavy atom. The second-order valence-corrected chi connectivity index (χ2v) is 6.82. The molecule has 0 aromatic heterocycles. The number of hydrogen-bond donors (Lipinski definition) is 0. The van der Waals surface area contributed by atoms with Gasteiger partial charge in [-0.3, -0.25) is 0 Å². The zero-order valence-corrected chi connectivity index (χ0v) is 11.3. The lowest BCUT2D eigenvalue weighted by Gasteiger charge is -2.32. The standard InChI is InChI=1S/C17H18O3/c18-17(9-4-2-1-3-5-9)20-13-7-10-6-11(13)12-8-14-16(19-14)15(10)12/h1-5,10-16H,6-8H2/t10-,11-,12-,13-,14-,15-,16+/m1/s1. The van der Waals surface area contributed by atoms with E-state index in [9.17, 15) is 4.79 Å². The van der Waals surface area contributed by atoms with E-state index < -0.39 is 0 Å². The number of ether oxygens (including phenoxy) is 2. The molecule has 20 heavy (non-hydrogen) atoms. The smallest absolute Gasteiger partial charge is 0.338 e. The third-order valence-corrected chi connectivity index (χ3v) is 5.95. The molecule has 1 aliphatic heterocycles. The molecule has 1 aromatic carbocycles. The highest BCUT2D eigenvalue weighted by molar-refractivity contribution is 5.89. The summed E-state index contributed by atoms with van der Waals surface area (Å²) in [6.07, 6.45) is 4.74. The summed E-state index contributed by atoms with van der Waals surface area (Å²) in [6, 6.07) is 9.35. The first-order valence-corrected chi connectivity index (χ1v) is 7.73. The zero-order valence-electron chi connectivity index (χ0n) is 11.3. The Hall–Kier alpha value is -1.35. The molecular weight excluding hydrogens is 252 g/mol. The Morgan fingerprint density at radius 1 is 1.10 bits per heavy atom. The second-order valence-electron chi connectivity index (χ2n) is 6.82. The largest absolute Gasteiger partial charge is 0.458 e. The van der Waals surface area contributed by atoms with Crippen molar-refractivity contribution < 1.29 is 14.3 Å². The minimum Gasteiger partial charge on any atom is -0.458 e. The molecule has 3 aliphatic carbocycles. The number of carbonyl (C=O) groups is 1. The van der Waals surface area contributed by atoms with Crippen LogP contribution in [-0.4, -0.2) is 24.3 Å². The van der Waals surface area contributed by atoms with Crippen LogP contribution in [0.4, 0.5) is 0 Å². The van der Waals surface area contributed by atoms with Gasteiger partial charge in [-0.25, -0.2) is 4.79 Å². The molecule has 1 saturated heterocycles. The van der Waals surface area contributed by atoms with Crippen molar-refractivity contribution in [1.29, 1.82) is 0 Å². The molecule has 3 nitrogen and oxygen atoms in total.